The van der Waals surface area contributed by atoms with Crippen molar-refractivity contribution in [2.45, 2.75) is 26.3 Å². The van der Waals surface area contributed by atoms with Crippen molar-refractivity contribution in [2.75, 3.05) is 20.7 Å². The summed E-state index contributed by atoms with van der Waals surface area (Å²) >= 11 is 0. The molecule has 90 valence electrons. The third-order valence-electron chi connectivity index (χ3n) is 3.15. The predicted molar refractivity (Wildman–Crippen MR) is 68.5 cm³/mol. The van der Waals surface area contributed by atoms with Crippen molar-refractivity contribution in [3.63, 3.8) is 0 Å². The highest BCUT2D eigenvalue weighted by molar-refractivity contribution is 5.25. The molecule has 0 radical (unpaired) electrons. The molecular weight excluding hydrogens is 198 g/mol. The van der Waals surface area contributed by atoms with Crippen molar-refractivity contribution < 1.29 is 5.11 Å². The number of aliphatic hydroxyl groups excluding tert-OH is 1. The molecule has 0 aliphatic rings. The Kier molecular flexibility index (Phi) is 4.97. The molecule has 0 spiro atoms. The second-order valence-corrected chi connectivity index (χ2v) is 4.67. The SMILES string of the molecule is CCC(CO)C(c1cccc(C)c1)N(C)C. The van der Waals surface area contributed by atoms with Gasteiger partial charge >= 0.3 is 0 Å². The van der Waals surface area contributed by atoms with E-state index >= 15 is 0 Å². The average Bonchev–Trinajstić information content (AvgIpc) is 2.24. The topological polar surface area (TPSA) is 23.5 Å². The summed E-state index contributed by atoms with van der Waals surface area (Å²) in [7, 11) is 4.15. The van der Waals surface area contributed by atoms with E-state index in [0.29, 0.717) is 12.0 Å². The fourth-order valence-corrected chi connectivity index (χ4v) is 2.30. The standard InChI is InChI=1S/C14H23NO/c1-5-12(10-16)14(15(3)4)13-8-6-7-11(2)9-13/h6-9,12,14,16H,5,10H2,1-4H3. The molecule has 1 aromatic carbocycles. The highest BCUT2D eigenvalue weighted by Crippen LogP contribution is 2.29. The zero-order valence-electron chi connectivity index (χ0n) is 10.8. The first-order valence-electron chi connectivity index (χ1n) is 5.94. The number of benzene rings is 1. The van der Waals surface area contributed by atoms with Gasteiger partial charge in [-0.3, -0.25) is 0 Å². The van der Waals surface area contributed by atoms with Gasteiger partial charge < -0.3 is 10.0 Å². The summed E-state index contributed by atoms with van der Waals surface area (Å²) in [5, 5.41) is 9.45. The Balaban J connectivity index is 3.02. The van der Waals surface area contributed by atoms with E-state index in [1.54, 1.807) is 0 Å². The smallest absolute Gasteiger partial charge is 0.0477 e. The van der Waals surface area contributed by atoms with Gasteiger partial charge in [-0.1, -0.05) is 36.8 Å². The summed E-state index contributed by atoms with van der Waals surface area (Å²) in [6.07, 6.45) is 0.993. The lowest BCUT2D eigenvalue weighted by Crippen LogP contribution is -2.29. The van der Waals surface area contributed by atoms with Gasteiger partial charge in [0.1, 0.15) is 0 Å². The van der Waals surface area contributed by atoms with Gasteiger partial charge in [0.25, 0.3) is 0 Å². The van der Waals surface area contributed by atoms with E-state index in [0.717, 1.165) is 6.42 Å². The van der Waals surface area contributed by atoms with Crippen molar-refractivity contribution in [2.24, 2.45) is 5.92 Å². The molecule has 0 amide bonds. The molecule has 1 N–H and O–H groups in total. The lowest BCUT2D eigenvalue weighted by molar-refractivity contribution is 0.130. The van der Waals surface area contributed by atoms with Crippen LogP contribution in [0, 0.1) is 12.8 Å². The van der Waals surface area contributed by atoms with Crippen molar-refractivity contribution in [3.8, 4) is 0 Å². The molecule has 1 aromatic rings. The number of hydrogen-bond acceptors (Lipinski definition) is 2. The number of aliphatic hydroxyl groups is 1. The fraction of sp³-hybridized carbons (Fsp3) is 0.571. The normalized spacial score (nSPS) is 15.1. The lowest BCUT2D eigenvalue weighted by Gasteiger charge is -2.31. The molecule has 0 saturated carbocycles. The second kappa shape index (κ2) is 6.02. The van der Waals surface area contributed by atoms with Crippen molar-refractivity contribution in [1.82, 2.24) is 4.90 Å². The Morgan fingerprint density at radius 1 is 1.31 bits per heavy atom. The van der Waals surface area contributed by atoms with E-state index in [-0.39, 0.29) is 6.61 Å². The molecule has 0 heterocycles. The maximum Gasteiger partial charge on any atom is 0.0477 e. The molecule has 2 heteroatoms. The van der Waals surface area contributed by atoms with Crippen molar-refractivity contribution >= 4 is 0 Å². The van der Waals surface area contributed by atoms with Crippen LogP contribution in [0.4, 0.5) is 0 Å². The zero-order valence-corrected chi connectivity index (χ0v) is 10.8. The van der Waals surface area contributed by atoms with E-state index < -0.39 is 0 Å². The summed E-state index contributed by atoms with van der Waals surface area (Å²) in [6.45, 7) is 4.48. The highest BCUT2D eigenvalue weighted by atomic mass is 16.3. The Bertz CT molecular complexity index is 318. The first-order chi connectivity index (χ1) is 7.60. The van der Waals surface area contributed by atoms with Crippen LogP contribution in [0.5, 0.6) is 0 Å². The molecule has 2 unspecified atom stereocenters. The van der Waals surface area contributed by atoms with Crippen LogP contribution in [0.3, 0.4) is 0 Å². The van der Waals surface area contributed by atoms with Crippen LogP contribution in [-0.2, 0) is 0 Å². The summed E-state index contributed by atoms with van der Waals surface area (Å²) < 4.78 is 0. The molecule has 2 atom stereocenters. The van der Waals surface area contributed by atoms with E-state index in [2.05, 4.69) is 57.1 Å². The molecule has 2 nitrogen and oxygen atoms in total. The van der Waals surface area contributed by atoms with Crippen LogP contribution < -0.4 is 0 Å². The molecule has 0 fully saturated rings. The van der Waals surface area contributed by atoms with Crippen LogP contribution in [0.1, 0.15) is 30.5 Å². The maximum absolute atomic E-state index is 9.45. The minimum Gasteiger partial charge on any atom is -0.396 e. The lowest BCUT2D eigenvalue weighted by atomic mass is 9.90. The Hall–Kier alpha value is -0.860. The van der Waals surface area contributed by atoms with Crippen LogP contribution in [-0.4, -0.2) is 30.7 Å². The minimum absolute atomic E-state index is 0.243. The number of nitrogens with zero attached hydrogens (tertiary/aromatic N) is 1. The average molecular weight is 221 g/mol. The van der Waals surface area contributed by atoms with Crippen LogP contribution in [0.25, 0.3) is 0 Å². The fourth-order valence-electron chi connectivity index (χ4n) is 2.30. The summed E-state index contributed by atoms with van der Waals surface area (Å²) in [6, 6.07) is 8.86. The third kappa shape index (κ3) is 3.06. The van der Waals surface area contributed by atoms with E-state index in [1.807, 2.05) is 0 Å². The van der Waals surface area contributed by atoms with Crippen molar-refractivity contribution in [1.29, 1.82) is 0 Å². The Labute approximate surface area is 98.9 Å². The van der Waals surface area contributed by atoms with Gasteiger partial charge in [-0.05, 0) is 33.0 Å². The first kappa shape index (κ1) is 13.2. The van der Waals surface area contributed by atoms with E-state index in [1.165, 1.54) is 11.1 Å². The molecule has 0 aromatic heterocycles. The molecule has 0 bridgehead atoms. The predicted octanol–water partition coefficient (Wildman–Crippen LogP) is 2.62. The molecular formula is C14H23NO. The summed E-state index contributed by atoms with van der Waals surface area (Å²) in [5.41, 5.74) is 2.57. The maximum atomic E-state index is 9.45. The number of aryl methyl sites for hydroxylation is 1. The van der Waals surface area contributed by atoms with Gasteiger partial charge in [0.2, 0.25) is 0 Å². The molecule has 0 saturated heterocycles. The molecule has 0 aliphatic heterocycles. The summed E-state index contributed by atoms with van der Waals surface area (Å²) in [5.74, 6) is 0.303. The molecule has 0 aliphatic carbocycles. The third-order valence-corrected chi connectivity index (χ3v) is 3.15. The monoisotopic (exact) mass is 221 g/mol. The van der Waals surface area contributed by atoms with E-state index in [9.17, 15) is 5.11 Å². The molecule has 1 rings (SSSR count). The van der Waals surface area contributed by atoms with Gasteiger partial charge in [-0.15, -0.1) is 0 Å². The quantitative estimate of drug-likeness (QED) is 0.826. The summed E-state index contributed by atoms with van der Waals surface area (Å²) in [4.78, 5) is 2.19. The van der Waals surface area contributed by atoms with E-state index in [4.69, 9.17) is 0 Å². The van der Waals surface area contributed by atoms with Crippen LogP contribution in [0.2, 0.25) is 0 Å². The van der Waals surface area contributed by atoms with Gasteiger partial charge in [-0.2, -0.15) is 0 Å². The minimum atomic E-state index is 0.243. The number of hydrogen-bond donors (Lipinski definition) is 1. The first-order valence-corrected chi connectivity index (χ1v) is 5.94. The largest absolute Gasteiger partial charge is 0.396 e. The Morgan fingerprint density at radius 2 is 2.00 bits per heavy atom. The van der Waals surface area contributed by atoms with Gasteiger partial charge in [0, 0.05) is 18.6 Å². The highest BCUT2D eigenvalue weighted by Gasteiger charge is 2.23. The van der Waals surface area contributed by atoms with Gasteiger partial charge in [0.05, 0.1) is 0 Å². The molecule has 16 heavy (non-hydrogen) atoms. The second-order valence-electron chi connectivity index (χ2n) is 4.67. The van der Waals surface area contributed by atoms with Crippen molar-refractivity contribution in [3.05, 3.63) is 35.4 Å². The number of rotatable bonds is 5. The Morgan fingerprint density at radius 3 is 2.44 bits per heavy atom. The van der Waals surface area contributed by atoms with Crippen LogP contribution >= 0.6 is 0 Å². The van der Waals surface area contributed by atoms with Gasteiger partial charge in [0.15, 0.2) is 0 Å². The van der Waals surface area contributed by atoms with Gasteiger partial charge in [-0.25, -0.2) is 0 Å². The zero-order chi connectivity index (χ0) is 12.1. The van der Waals surface area contributed by atoms with Crippen LogP contribution in [0.15, 0.2) is 24.3 Å².